The van der Waals surface area contributed by atoms with E-state index in [9.17, 15) is 0 Å². The van der Waals surface area contributed by atoms with E-state index >= 15 is 0 Å². The maximum atomic E-state index is 6.61. The average Bonchev–Trinajstić information content (AvgIpc) is 3.13. The van der Waals surface area contributed by atoms with Crippen molar-refractivity contribution in [3.8, 4) is 0 Å². The Balaban J connectivity index is 0.00000144. The van der Waals surface area contributed by atoms with Crippen molar-refractivity contribution in [3.05, 3.63) is 71.8 Å². The van der Waals surface area contributed by atoms with E-state index in [1.54, 1.807) is 0 Å². The van der Waals surface area contributed by atoms with Gasteiger partial charge in [-0.15, -0.1) is 0 Å². The quantitative estimate of drug-likeness (QED) is 0.787. The van der Waals surface area contributed by atoms with Crippen molar-refractivity contribution in [2.24, 2.45) is 0 Å². The molecule has 0 aromatic heterocycles. The first-order valence-electron chi connectivity index (χ1n) is 7.87. The largest absolute Gasteiger partial charge is 0.406 e. The highest BCUT2D eigenvalue weighted by atomic mass is 16.5. The highest BCUT2D eigenvalue weighted by molar-refractivity contribution is 6.48. The fraction of sp³-hybridized carbons (Fsp3) is 0.333. The Kier molecular flexibility index (Phi) is 4.16. The van der Waals surface area contributed by atoms with Gasteiger partial charge in [0.1, 0.15) is 5.60 Å². The first-order valence-corrected chi connectivity index (χ1v) is 7.87. The first-order chi connectivity index (χ1) is 10.3. The van der Waals surface area contributed by atoms with Gasteiger partial charge in [-0.25, -0.2) is 0 Å². The van der Waals surface area contributed by atoms with Crippen LogP contribution >= 0.6 is 0 Å². The van der Waals surface area contributed by atoms with Crippen LogP contribution in [0.5, 0.6) is 0 Å². The molecule has 2 aliphatic rings. The van der Waals surface area contributed by atoms with Crippen LogP contribution in [0, 0.1) is 0 Å². The van der Waals surface area contributed by atoms with Gasteiger partial charge in [-0.2, -0.15) is 0 Å². The summed E-state index contributed by atoms with van der Waals surface area (Å²) >= 11 is 0. The number of hydrogen-bond acceptors (Lipinski definition) is 2. The van der Waals surface area contributed by atoms with Crippen molar-refractivity contribution in [2.45, 2.75) is 31.3 Å². The average molecular weight is 288 g/mol. The minimum atomic E-state index is -0.321. The fourth-order valence-electron chi connectivity index (χ4n) is 4.14. The molecule has 22 heavy (non-hydrogen) atoms. The minimum absolute atomic E-state index is 0. The molecule has 2 aromatic rings. The minimum Gasteiger partial charge on any atom is -0.406 e. The summed E-state index contributed by atoms with van der Waals surface area (Å²) < 4.78 is 6.61. The third-order valence-electron chi connectivity index (χ3n) is 4.99. The zero-order chi connectivity index (χ0) is 14.3. The van der Waals surface area contributed by atoms with E-state index in [-0.39, 0.29) is 21.1 Å². The van der Waals surface area contributed by atoms with Gasteiger partial charge in [-0.05, 0) is 37.3 Å². The lowest BCUT2D eigenvalue weighted by Crippen LogP contribution is -2.41. The van der Waals surface area contributed by atoms with Crippen LogP contribution in [0.2, 0.25) is 6.82 Å². The van der Waals surface area contributed by atoms with Gasteiger partial charge >= 0.3 is 7.05 Å². The highest BCUT2D eigenvalue weighted by Gasteiger charge is 2.56. The Morgan fingerprint density at radius 3 is 2.09 bits per heavy atom. The van der Waals surface area contributed by atoms with Gasteiger partial charge in [0, 0.05) is 14.5 Å². The molecule has 0 aliphatic carbocycles. The van der Waals surface area contributed by atoms with Gasteiger partial charge in [-0.1, -0.05) is 60.7 Å². The summed E-state index contributed by atoms with van der Waals surface area (Å²) in [7, 11) is 0.179. The molecule has 0 bridgehead atoms. The van der Waals surface area contributed by atoms with Crippen molar-refractivity contribution in [1.82, 2.24) is 4.81 Å². The topological polar surface area (TPSA) is 12.5 Å². The summed E-state index contributed by atoms with van der Waals surface area (Å²) in [5.41, 5.74) is 2.23. The van der Waals surface area contributed by atoms with E-state index in [1.807, 2.05) is 0 Å². The van der Waals surface area contributed by atoms with Crippen LogP contribution in [0.1, 0.15) is 24.0 Å². The lowest BCUT2D eigenvalue weighted by atomic mass is 9.79. The molecule has 2 fully saturated rings. The molecule has 4 rings (SSSR count). The molecule has 2 aliphatic heterocycles. The SMILES string of the molecule is CB1OC(c2ccccc2)(c2ccccc2)[C@@H]2CCCN12.[B]. The molecule has 2 saturated heterocycles. The van der Waals surface area contributed by atoms with E-state index < -0.39 is 0 Å². The fourth-order valence-corrected chi connectivity index (χ4v) is 4.14. The Morgan fingerprint density at radius 2 is 1.55 bits per heavy atom. The van der Waals surface area contributed by atoms with Gasteiger partial charge in [0.25, 0.3) is 0 Å². The predicted molar refractivity (Wildman–Crippen MR) is 91.8 cm³/mol. The molecular weight excluding hydrogens is 268 g/mol. The summed E-state index contributed by atoms with van der Waals surface area (Å²) in [6.45, 7) is 3.33. The zero-order valence-electron chi connectivity index (χ0n) is 13.0. The maximum absolute atomic E-state index is 6.61. The predicted octanol–water partition coefficient (Wildman–Crippen LogP) is 3.16. The Morgan fingerprint density at radius 1 is 1.00 bits per heavy atom. The van der Waals surface area contributed by atoms with Crippen molar-refractivity contribution in [3.63, 3.8) is 0 Å². The van der Waals surface area contributed by atoms with Crippen LogP contribution in [0.15, 0.2) is 60.7 Å². The summed E-state index contributed by atoms with van der Waals surface area (Å²) in [5, 5.41) is 0. The first kappa shape index (κ1) is 15.4. The second-order valence-electron chi connectivity index (χ2n) is 6.08. The Hall–Kier alpha value is -1.51. The number of fused-ring (bicyclic) bond motifs is 1. The number of nitrogens with zero attached hydrogens (tertiary/aromatic N) is 1. The van der Waals surface area contributed by atoms with E-state index in [0.717, 1.165) is 6.54 Å². The molecule has 4 heteroatoms. The molecular formula is C18H20B2NO. The van der Waals surface area contributed by atoms with Crippen molar-refractivity contribution < 1.29 is 4.65 Å². The molecule has 0 unspecified atom stereocenters. The molecule has 2 aromatic carbocycles. The summed E-state index contributed by atoms with van der Waals surface area (Å²) in [4.78, 5) is 2.53. The second-order valence-corrected chi connectivity index (χ2v) is 6.08. The van der Waals surface area contributed by atoms with Gasteiger partial charge in [0.05, 0.1) is 0 Å². The molecule has 2 nitrogen and oxygen atoms in total. The van der Waals surface area contributed by atoms with Crippen molar-refractivity contribution >= 4 is 15.5 Å². The summed E-state index contributed by atoms with van der Waals surface area (Å²) in [5.74, 6) is 0. The summed E-state index contributed by atoms with van der Waals surface area (Å²) in [6, 6.07) is 21.9. The van der Waals surface area contributed by atoms with Gasteiger partial charge in [0.15, 0.2) is 0 Å². The molecule has 3 radical (unpaired) electrons. The Bertz CT molecular complexity index is 580. The highest BCUT2D eigenvalue weighted by Crippen LogP contribution is 2.48. The third kappa shape index (κ3) is 2.13. The van der Waals surface area contributed by atoms with E-state index in [4.69, 9.17) is 4.65 Å². The van der Waals surface area contributed by atoms with Crippen LogP contribution in [0.25, 0.3) is 0 Å². The normalized spacial score (nSPS) is 23.1. The van der Waals surface area contributed by atoms with E-state index in [2.05, 4.69) is 72.3 Å². The van der Waals surface area contributed by atoms with Crippen LogP contribution in [0.3, 0.4) is 0 Å². The standard InChI is InChI=1S/C18H20BNO.B/c1-19-20-14-8-13-17(20)18(21-19,15-9-4-2-5-10-15)16-11-6-3-7-12-16;/h2-7,9-12,17H,8,13-14H2,1H3;/t17-;/m0./s1. The lowest BCUT2D eigenvalue weighted by Gasteiger charge is -2.36. The lowest BCUT2D eigenvalue weighted by molar-refractivity contribution is 0.106. The number of hydrogen-bond donors (Lipinski definition) is 0. The van der Waals surface area contributed by atoms with Gasteiger partial charge in [-0.3, -0.25) is 0 Å². The van der Waals surface area contributed by atoms with Gasteiger partial charge < -0.3 is 9.47 Å². The third-order valence-corrected chi connectivity index (χ3v) is 4.99. The molecule has 0 spiro atoms. The molecule has 0 N–H and O–H groups in total. The molecule has 0 amide bonds. The van der Waals surface area contributed by atoms with Crippen LogP contribution < -0.4 is 0 Å². The molecule has 0 saturated carbocycles. The zero-order valence-corrected chi connectivity index (χ0v) is 13.0. The number of rotatable bonds is 2. The van der Waals surface area contributed by atoms with Crippen LogP contribution in [-0.4, -0.2) is 32.9 Å². The Labute approximate surface area is 135 Å². The number of benzene rings is 2. The van der Waals surface area contributed by atoms with E-state index in [1.165, 1.54) is 24.0 Å². The van der Waals surface area contributed by atoms with Crippen molar-refractivity contribution in [2.75, 3.05) is 6.54 Å². The molecule has 1 atom stereocenters. The maximum Gasteiger partial charge on any atom is 0.380 e. The second kappa shape index (κ2) is 5.94. The van der Waals surface area contributed by atoms with Crippen LogP contribution in [0.4, 0.5) is 0 Å². The molecule has 2 heterocycles. The molecule has 109 valence electrons. The smallest absolute Gasteiger partial charge is 0.380 e. The van der Waals surface area contributed by atoms with E-state index in [0.29, 0.717) is 6.04 Å². The summed E-state index contributed by atoms with van der Waals surface area (Å²) in [6.07, 6.45) is 2.47. The van der Waals surface area contributed by atoms with Gasteiger partial charge in [0.2, 0.25) is 0 Å². The monoisotopic (exact) mass is 288 g/mol. The van der Waals surface area contributed by atoms with Crippen LogP contribution in [-0.2, 0) is 10.3 Å². The van der Waals surface area contributed by atoms with Crippen molar-refractivity contribution in [1.29, 1.82) is 0 Å².